The average Bonchev–Trinajstić information content (AvgIpc) is 2.22. The van der Waals surface area contributed by atoms with Crippen LogP contribution in [-0.2, 0) is 6.54 Å². The van der Waals surface area contributed by atoms with Gasteiger partial charge in [-0.1, -0.05) is 28.1 Å². The minimum absolute atomic E-state index is 0.370. The zero-order valence-corrected chi connectivity index (χ0v) is 10.4. The molecule has 1 fully saturated rings. The maximum atomic E-state index is 5.95. The lowest BCUT2D eigenvalue weighted by atomic mass is 10.1. The van der Waals surface area contributed by atoms with E-state index in [1.165, 1.54) is 24.9 Å². The van der Waals surface area contributed by atoms with Crippen molar-refractivity contribution in [3.8, 4) is 0 Å². The Kier molecular flexibility index (Phi) is 3.78. The molecule has 1 aromatic rings. The topological polar surface area (TPSA) is 29.3 Å². The number of nitrogens with two attached hydrogens (primary N) is 1. The summed E-state index contributed by atoms with van der Waals surface area (Å²) in [5.41, 5.74) is 7.32. The highest BCUT2D eigenvalue weighted by Gasteiger charge is 2.16. The van der Waals surface area contributed by atoms with Gasteiger partial charge in [-0.05, 0) is 37.1 Å². The molecule has 0 aliphatic carbocycles. The highest BCUT2D eigenvalue weighted by atomic mass is 79.9. The molecular formula is C12H17BrN2. The van der Waals surface area contributed by atoms with Crippen molar-refractivity contribution in [1.82, 2.24) is 4.90 Å². The summed E-state index contributed by atoms with van der Waals surface area (Å²) in [7, 11) is 0. The van der Waals surface area contributed by atoms with E-state index in [0.717, 1.165) is 17.6 Å². The maximum absolute atomic E-state index is 5.95. The molecule has 1 aliphatic rings. The molecular weight excluding hydrogens is 252 g/mol. The summed E-state index contributed by atoms with van der Waals surface area (Å²) in [6.07, 6.45) is 2.41. The van der Waals surface area contributed by atoms with Gasteiger partial charge in [0.25, 0.3) is 0 Å². The first-order valence-corrected chi connectivity index (χ1v) is 6.26. The quantitative estimate of drug-likeness (QED) is 0.893. The Morgan fingerprint density at radius 3 is 2.73 bits per heavy atom. The number of halogens is 1. The van der Waals surface area contributed by atoms with E-state index in [2.05, 4.69) is 45.1 Å². The first kappa shape index (κ1) is 11.1. The molecule has 0 bridgehead atoms. The summed E-state index contributed by atoms with van der Waals surface area (Å²) in [6.45, 7) is 3.25. The van der Waals surface area contributed by atoms with Crippen LogP contribution in [0.3, 0.4) is 0 Å². The molecule has 1 aromatic carbocycles. The minimum Gasteiger partial charge on any atom is -0.327 e. The van der Waals surface area contributed by atoms with Crippen LogP contribution in [0.4, 0.5) is 0 Å². The standard InChI is InChI=1S/C12H17BrN2/c13-11-5-3-10(4-6-11)8-15-7-1-2-12(14)9-15/h3-6,12H,1-2,7-9,14H2/t12-/m0/s1. The number of benzene rings is 1. The lowest BCUT2D eigenvalue weighted by Gasteiger charge is -2.30. The number of rotatable bonds is 2. The van der Waals surface area contributed by atoms with Gasteiger partial charge in [0, 0.05) is 23.6 Å². The van der Waals surface area contributed by atoms with Gasteiger partial charge in [-0.15, -0.1) is 0 Å². The fraction of sp³-hybridized carbons (Fsp3) is 0.500. The van der Waals surface area contributed by atoms with Crippen LogP contribution in [0.5, 0.6) is 0 Å². The molecule has 2 N–H and O–H groups in total. The highest BCUT2D eigenvalue weighted by molar-refractivity contribution is 9.10. The van der Waals surface area contributed by atoms with Crippen LogP contribution >= 0.6 is 15.9 Å². The molecule has 2 rings (SSSR count). The normalized spacial score (nSPS) is 22.9. The molecule has 1 saturated heterocycles. The summed E-state index contributed by atoms with van der Waals surface area (Å²) in [5, 5.41) is 0. The minimum atomic E-state index is 0.370. The summed E-state index contributed by atoms with van der Waals surface area (Å²) < 4.78 is 1.14. The van der Waals surface area contributed by atoms with Gasteiger partial charge in [-0.3, -0.25) is 4.90 Å². The Morgan fingerprint density at radius 2 is 2.07 bits per heavy atom. The fourth-order valence-electron chi connectivity index (χ4n) is 2.08. The molecule has 0 saturated carbocycles. The Balaban J connectivity index is 1.93. The van der Waals surface area contributed by atoms with Crippen molar-refractivity contribution in [2.45, 2.75) is 25.4 Å². The van der Waals surface area contributed by atoms with Crippen molar-refractivity contribution in [2.24, 2.45) is 5.73 Å². The van der Waals surface area contributed by atoms with Gasteiger partial charge in [0.1, 0.15) is 0 Å². The molecule has 15 heavy (non-hydrogen) atoms. The molecule has 1 aliphatic heterocycles. The second kappa shape index (κ2) is 5.10. The van der Waals surface area contributed by atoms with E-state index in [0.29, 0.717) is 6.04 Å². The molecule has 0 spiro atoms. The fourth-order valence-corrected chi connectivity index (χ4v) is 2.35. The lowest BCUT2D eigenvalue weighted by molar-refractivity contribution is 0.201. The predicted molar refractivity (Wildman–Crippen MR) is 66.6 cm³/mol. The number of piperidine rings is 1. The third-order valence-corrected chi connectivity index (χ3v) is 3.39. The van der Waals surface area contributed by atoms with E-state index >= 15 is 0 Å². The molecule has 0 amide bonds. The first-order valence-electron chi connectivity index (χ1n) is 5.46. The average molecular weight is 269 g/mol. The predicted octanol–water partition coefficient (Wildman–Crippen LogP) is 2.37. The molecule has 82 valence electrons. The maximum Gasteiger partial charge on any atom is 0.0234 e. The number of likely N-dealkylation sites (tertiary alicyclic amines) is 1. The van der Waals surface area contributed by atoms with E-state index in [4.69, 9.17) is 5.73 Å². The van der Waals surface area contributed by atoms with Gasteiger partial charge in [0.15, 0.2) is 0 Å². The van der Waals surface area contributed by atoms with Gasteiger partial charge in [-0.25, -0.2) is 0 Å². The van der Waals surface area contributed by atoms with Crippen LogP contribution in [0.2, 0.25) is 0 Å². The van der Waals surface area contributed by atoms with E-state index in [1.54, 1.807) is 0 Å². The number of hydrogen-bond donors (Lipinski definition) is 1. The van der Waals surface area contributed by atoms with Crippen LogP contribution < -0.4 is 5.73 Å². The third-order valence-electron chi connectivity index (χ3n) is 2.86. The zero-order valence-electron chi connectivity index (χ0n) is 8.82. The molecule has 3 heteroatoms. The van der Waals surface area contributed by atoms with Crippen LogP contribution in [0.15, 0.2) is 28.7 Å². The van der Waals surface area contributed by atoms with Crippen LogP contribution in [0.1, 0.15) is 18.4 Å². The Hall–Kier alpha value is -0.380. The van der Waals surface area contributed by atoms with E-state index in [9.17, 15) is 0 Å². The molecule has 0 aromatic heterocycles. The van der Waals surface area contributed by atoms with Gasteiger partial charge in [-0.2, -0.15) is 0 Å². The second-order valence-electron chi connectivity index (χ2n) is 4.26. The second-order valence-corrected chi connectivity index (χ2v) is 5.18. The largest absolute Gasteiger partial charge is 0.327 e. The Morgan fingerprint density at radius 1 is 1.33 bits per heavy atom. The van der Waals surface area contributed by atoms with Crippen molar-refractivity contribution in [1.29, 1.82) is 0 Å². The smallest absolute Gasteiger partial charge is 0.0234 e. The van der Waals surface area contributed by atoms with E-state index < -0.39 is 0 Å². The summed E-state index contributed by atoms with van der Waals surface area (Å²) in [4.78, 5) is 2.44. The lowest BCUT2D eigenvalue weighted by Crippen LogP contribution is -2.42. The van der Waals surface area contributed by atoms with Crippen molar-refractivity contribution in [3.63, 3.8) is 0 Å². The third kappa shape index (κ3) is 3.30. The van der Waals surface area contributed by atoms with Crippen LogP contribution in [-0.4, -0.2) is 24.0 Å². The van der Waals surface area contributed by atoms with Crippen LogP contribution in [0.25, 0.3) is 0 Å². The van der Waals surface area contributed by atoms with Crippen molar-refractivity contribution >= 4 is 15.9 Å². The van der Waals surface area contributed by atoms with Crippen molar-refractivity contribution in [3.05, 3.63) is 34.3 Å². The molecule has 1 heterocycles. The Labute approximate surface area is 99.6 Å². The highest BCUT2D eigenvalue weighted by Crippen LogP contribution is 2.15. The van der Waals surface area contributed by atoms with Gasteiger partial charge in [0.05, 0.1) is 0 Å². The first-order chi connectivity index (χ1) is 7.24. The monoisotopic (exact) mass is 268 g/mol. The summed E-state index contributed by atoms with van der Waals surface area (Å²) in [6, 6.07) is 8.90. The molecule has 1 atom stereocenters. The number of nitrogens with zero attached hydrogens (tertiary/aromatic N) is 1. The van der Waals surface area contributed by atoms with Gasteiger partial charge >= 0.3 is 0 Å². The van der Waals surface area contributed by atoms with E-state index in [1.807, 2.05) is 0 Å². The molecule has 0 radical (unpaired) electrons. The zero-order chi connectivity index (χ0) is 10.7. The summed E-state index contributed by atoms with van der Waals surface area (Å²) in [5.74, 6) is 0. The van der Waals surface area contributed by atoms with Gasteiger partial charge in [0.2, 0.25) is 0 Å². The van der Waals surface area contributed by atoms with Crippen molar-refractivity contribution in [2.75, 3.05) is 13.1 Å². The van der Waals surface area contributed by atoms with Crippen molar-refractivity contribution < 1.29 is 0 Å². The molecule has 0 unspecified atom stereocenters. The SMILES string of the molecule is N[C@H]1CCCN(Cc2ccc(Br)cc2)C1. The van der Waals surface area contributed by atoms with Crippen LogP contribution in [0, 0.1) is 0 Å². The van der Waals surface area contributed by atoms with E-state index in [-0.39, 0.29) is 0 Å². The summed E-state index contributed by atoms with van der Waals surface area (Å²) >= 11 is 3.45. The molecule has 2 nitrogen and oxygen atoms in total. The number of hydrogen-bond acceptors (Lipinski definition) is 2. The Bertz CT molecular complexity index is 310. The van der Waals surface area contributed by atoms with Gasteiger partial charge < -0.3 is 5.73 Å².